The van der Waals surface area contributed by atoms with Crippen LogP contribution in [0.4, 0.5) is 0 Å². The Bertz CT molecular complexity index is 590. The summed E-state index contributed by atoms with van der Waals surface area (Å²) in [5.41, 5.74) is 0. The van der Waals surface area contributed by atoms with E-state index in [1.165, 1.54) is 0 Å². The zero-order valence-electron chi connectivity index (χ0n) is 16.2. The maximum absolute atomic E-state index is 12.2. The van der Waals surface area contributed by atoms with Crippen LogP contribution in [0, 0.1) is 0 Å². The molecule has 3 heterocycles. The minimum Gasteiger partial charge on any atom is -0.379 e. The van der Waals surface area contributed by atoms with E-state index < -0.39 is 0 Å². The summed E-state index contributed by atoms with van der Waals surface area (Å²) in [4.78, 5) is 16.5. The molecule has 2 saturated heterocycles. The van der Waals surface area contributed by atoms with Gasteiger partial charge in [-0.3, -0.25) is 9.69 Å². The Balaban J connectivity index is 1.52. The van der Waals surface area contributed by atoms with Gasteiger partial charge < -0.3 is 18.9 Å². The number of likely N-dealkylation sites (tertiary alicyclic amines) is 1. The molecule has 1 amide bonds. The second-order valence-electron chi connectivity index (χ2n) is 7.44. The molecule has 1 aromatic heterocycles. The van der Waals surface area contributed by atoms with E-state index in [1.807, 2.05) is 18.7 Å². The number of aromatic nitrogens is 3. The molecule has 0 radical (unpaired) electrons. The number of piperidine rings is 1. The van der Waals surface area contributed by atoms with Crippen molar-refractivity contribution in [1.29, 1.82) is 0 Å². The zero-order chi connectivity index (χ0) is 18.5. The van der Waals surface area contributed by atoms with Crippen LogP contribution in [0.2, 0.25) is 0 Å². The van der Waals surface area contributed by atoms with Gasteiger partial charge in [0, 0.05) is 39.1 Å². The van der Waals surface area contributed by atoms with E-state index in [0.717, 1.165) is 70.4 Å². The molecule has 8 heteroatoms. The van der Waals surface area contributed by atoms with Crippen molar-refractivity contribution in [1.82, 2.24) is 24.6 Å². The molecule has 0 aromatic carbocycles. The van der Waals surface area contributed by atoms with Crippen LogP contribution in [0.1, 0.15) is 44.3 Å². The minimum absolute atomic E-state index is 0.0834. The van der Waals surface area contributed by atoms with Crippen molar-refractivity contribution in [2.45, 2.75) is 45.3 Å². The molecular formula is C18H31N5O3. The fourth-order valence-electron chi connectivity index (χ4n) is 3.54. The van der Waals surface area contributed by atoms with Crippen LogP contribution in [-0.2, 0) is 27.9 Å². The fourth-order valence-corrected chi connectivity index (χ4v) is 3.54. The van der Waals surface area contributed by atoms with Crippen molar-refractivity contribution in [2.75, 3.05) is 46.0 Å². The van der Waals surface area contributed by atoms with Crippen LogP contribution >= 0.6 is 0 Å². The van der Waals surface area contributed by atoms with Gasteiger partial charge in [0.05, 0.1) is 25.9 Å². The lowest BCUT2D eigenvalue weighted by Crippen LogP contribution is -2.40. The van der Waals surface area contributed by atoms with Gasteiger partial charge >= 0.3 is 0 Å². The van der Waals surface area contributed by atoms with Gasteiger partial charge in [0.25, 0.3) is 0 Å². The highest BCUT2D eigenvalue weighted by Crippen LogP contribution is 2.27. The third-order valence-corrected chi connectivity index (χ3v) is 5.22. The molecule has 0 aliphatic carbocycles. The smallest absolute Gasteiger partial charge is 0.248 e. The first-order valence-corrected chi connectivity index (χ1v) is 9.62. The number of carbonyl (C=O) groups excluding carboxylic acids is 1. The largest absolute Gasteiger partial charge is 0.379 e. The number of ether oxygens (including phenoxy) is 2. The summed E-state index contributed by atoms with van der Waals surface area (Å²) in [6, 6.07) is 0. The molecule has 146 valence electrons. The summed E-state index contributed by atoms with van der Waals surface area (Å²) < 4.78 is 13.0. The Morgan fingerprint density at radius 3 is 2.54 bits per heavy atom. The summed E-state index contributed by atoms with van der Waals surface area (Å²) >= 11 is 0. The summed E-state index contributed by atoms with van der Waals surface area (Å²) in [6.07, 6.45) is 1.94. The van der Waals surface area contributed by atoms with Gasteiger partial charge in [-0.2, -0.15) is 0 Å². The van der Waals surface area contributed by atoms with E-state index in [1.54, 1.807) is 0 Å². The van der Waals surface area contributed by atoms with Gasteiger partial charge in [0.2, 0.25) is 5.91 Å². The van der Waals surface area contributed by atoms with Crippen molar-refractivity contribution in [3.05, 3.63) is 11.6 Å². The SMILES string of the molecule is CC(C)OCC(=O)N1CCC(c2nnc(CN3CCOCC3)n2C)CC1. The lowest BCUT2D eigenvalue weighted by Gasteiger charge is -2.31. The van der Waals surface area contributed by atoms with Crippen molar-refractivity contribution in [2.24, 2.45) is 7.05 Å². The molecule has 26 heavy (non-hydrogen) atoms. The van der Waals surface area contributed by atoms with E-state index in [0.29, 0.717) is 5.92 Å². The van der Waals surface area contributed by atoms with E-state index >= 15 is 0 Å². The quantitative estimate of drug-likeness (QED) is 0.742. The number of morpholine rings is 1. The molecule has 1 aromatic rings. The van der Waals surface area contributed by atoms with Gasteiger partial charge in [0.1, 0.15) is 18.3 Å². The first-order valence-electron chi connectivity index (χ1n) is 9.62. The van der Waals surface area contributed by atoms with Crippen LogP contribution in [0.25, 0.3) is 0 Å². The van der Waals surface area contributed by atoms with Crippen molar-refractivity contribution < 1.29 is 14.3 Å². The third-order valence-electron chi connectivity index (χ3n) is 5.22. The molecule has 0 N–H and O–H groups in total. The van der Waals surface area contributed by atoms with Gasteiger partial charge in [-0.05, 0) is 26.7 Å². The van der Waals surface area contributed by atoms with Crippen LogP contribution in [-0.4, -0.2) is 82.6 Å². The standard InChI is InChI=1S/C18H31N5O3/c1-14(2)26-13-17(24)23-6-4-15(5-7-23)18-20-19-16(21(18)3)12-22-8-10-25-11-9-22/h14-15H,4-13H2,1-3H3. The number of rotatable bonds is 6. The molecule has 3 rings (SSSR count). The molecule has 0 unspecified atom stereocenters. The molecule has 2 fully saturated rings. The van der Waals surface area contributed by atoms with Crippen LogP contribution in [0.15, 0.2) is 0 Å². The van der Waals surface area contributed by atoms with Gasteiger partial charge in [-0.25, -0.2) is 0 Å². The highest BCUT2D eigenvalue weighted by Gasteiger charge is 2.27. The fraction of sp³-hybridized carbons (Fsp3) is 0.833. The zero-order valence-corrected chi connectivity index (χ0v) is 16.2. The Morgan fingerprint density at radius 2 is 1.88 bits per heavy atom. The highest BCUT2D eigenvalue weighted by atomic mass is 16.5. The lowest BCUT2D eigenvalue weighted by molar-refractivity contribution is -0.138. The Morgan fingerprint density at radius 1 is 1.19 bits per heavy atom. The number of amides is 1. The number of hydrogen-bond donors (Lipinski definition) is 0. The molecule has 0 spiro atoms. The second-order valence-corrected chi connectivity index (χ2v) is 7.44. The van der Waals surface area contributed by atoms with E-state index in [-0.39, 0.29) is 18.6 Å². The Labute approximate surface area is 155 Å². The van der Waals surface area contributed by atoms with Gasteiger partial charge in [-0.1, -0.05) is 0 Å². The third kappa shape index (κ3) is 4.81. The maximum Gasteiger partial charge on any atom is 0.248 e. The van der Waals surface area contributed by atoms with Gasteiger partial charge in [-0.15, -0.1) is 10.2 Å². The first kappa shape index (κ1) is 19.3. The number of nitrogens with zero attached hydrogens (tertiary/aromatic N) is 5. The topological polar surface area (TPSA) is 72.7 Å². The van der Waals surface area contributed by atoms with E-state index in [2.05, 4.69) is 26.7 Å². The molecule has 2 aliphatic rings. The minimum atomic E-state index is 0.0834. The summed E-state index contributed by atoms with van der Waals surface area (Å²) in [5, 5.41) is 8.88. The van der Waals surface area contributed by atoms with Crippen molar-refractivity contribution in [3.8, 4) is 0 Å². The average molecular weight is 365 g/mol. The molecule has 0 bridgehead atoms. The van der Waals surface area contributed by atoms with E-state index in [9.17, 15) is 4.79 Å². The number of hydrogen-bond acceptors (Lipinski definition) is 6. The maximum atomic E-state index is 12.2. The normalized spacial score (nSPS) is 20.1. The predicted octanol–water partition coefficient (Wildman–Crippen LogP) is 0.778. The summed E-state index contributed by atoms with van der Waals surface area (Å²) in [6.45, 7) is 9.88. The summed E-state index contributed by atoms with van der Waals surface area (Å²) in [5.74, 6) is 2.49. The van der Waals surface area contributed by atoms with E-state index in [4.69, 9.17) is 9.47 Å². The van der Waals surface area contributed by atoms with Crippen LogP contribution in [0.5, 0.6) is 0 Å². The first-order chi connectivity index (χ1) is 12.5. The monoisotopic (exact) mass is 365 g/mol. The van der Waals surface area contributed by atoms with Gasteiger partial charge in [0.15, 0.2) is 0 Å². The van der Waals surface area contributed by atoms with Crippen molar-refractivity contribution in [3.63, 3.8) is 0 Å². The predicted molar refractivity (Wildman–Crippen MR) is 96.7 cm³/mol. The molecule has 0 atom stereocenters. The number of carbonyl (C=O) groups is 1. The highest BCUT2D eigenvalue weighted by molar-refractivity contribution is 5.77. The van der Waals surface area contributed by atoms with Crippen LogP contribution < -0.4 is 0 Å². The average Bonchev–Trinajstić information content (AvgIpc) is 3.01. The lowest BCUT2D eigenvalue weighted by atomic mass is 9.96. The molecule has 2 aliphatic heterocycles. The van der Waals surface area contributed by atoms with Crippen molar-refractivity contribution >= 4 is 5.91 Å². The Kier molecular flexibility index (Phi) is 6.61. The second kappa shape index (κ2) is 8.92. The molecule has 0 saturated carbocycles. The molecular weight excluding hydrogens is 334 g/mol. The van der Waals surface area contributed by atoms with Crippen LogP contribution in [0.3, 0.4) is 0 Å². The summed E-state index contributed by atoms with van der Waals surface area (Å²) in [7, 11) is 2.05. The Hall–Kier alpha value is -1.51. The molecule has 8 nitrogen and oxygen atoms in total.